The van der Waals surface area contributed by atoms with Gasteiger partial charge in [0.15, 0.2) is 0 Å². The van der Waals surface area contributed by atoms with Crippen LogP contribution < -0.4 is 4.74 Å². The van der Waals surface area contributed by atoms with Crippen LogP contribution in [-0.2, 0) is 9.53 Å². The molecule has 0 bridgehead atoms. The van der Waals surface area contributed by atoms with Crippen molar-refractivity contribution in [3.05, 3.63) is 35.4 Å². The van der Waals surface area contributed by atoms with Crippen LogP contribution in [0.3, 0.4) is 0 Å². The zero-order chi connectivity index (χ0) is 12.1. The van der Waals surface area contributed by atoms with Gasteiger partial charge in [-0.3, -0.25) is 0 Å². The van der Waals surface area contributed by atoms with Crippen molar-refractivity contribution in [1.82, 2.24) is 0 Å². The standard InChI is InChI=1S/C13H16O3/c1-9(10(2)13(14)16-4)11-5-7-12(15-3)8-6-11/h5-8H,1-4H3. The summed E-state index contributed by atoms with van der Waals surface area (Å²) in [5.74, 6) is 0.501. The summed E-state index contributed by atoms with van der Waals surface area (Å²) in [5.41, 5.74) is 2.52. The molecule has 0 radical (unpaired) electrons. The second-order valence-electron chi connectivity index (χ2n) is 3.47. The highest BCUT2D eigenvalue weighted by Crippen LogP contribution is 2.21. The molecule has 0 atom stereocenters. The summed E-state index contributed by atoms with van der Waals surface area (Å²) in [5, 5.41) is 0. The smallest absolute Gasteiger partial charge is 0.333 e. The van der Waals surface area contributed by atoms with Crippen LogP contribution in [0, 0.1) is 0 Å². The first-order valence-electron chi connectivity index (χ1n) is 5.00. The maximum absolute atomic E-state index is 11.3. The van der Waals surface area contributed by atoms with Gasteiger partial charge in [0.2, 0.25) is 0 Å². The van der Waals surface area contributed by atoms with Crippen LogP contribution >= 0.6 is 0 Å². The van der Waals surface area contributed by atoms with Crippen molar-refractivity contribution < 1.29 is 14.3 Å². The molecule has 1 aromatic rings. The van der Waals surface area contributed by atoms with E-state index in [1.165, 1.54) is 7.11 Å². The molecule has 0 amide bonds. The zero-order valence-electron chi connectivity index (χ0n) is 10.0. The van der Waals surface area contributed by atoms with Gasteiger partial charge in [-0.15, -0.1) is 0 Å². The third-order valence-corrected chi connectivity index (χ3v) is 2.58. The summed E-state index contributed by atoms with van der Waals surface area (Å²) in [4.78, 5) is 11.3. The van der Waals surface area contributed by atoms with Gasteiger partial charge in [0, 0.05) is 5.57 Å². The van der Waals surface area contributed by atoms with E-state index in [1.807, 2.05) is 31.2 Å². The SMILES string of the molecule is COC(=O)C(C)=C(C)c1ccc(OC)cc1. The Labute approximate surface area is 95.7 Å². The van der Waals surface area contributed by atoms with Crippen LogP contribution in [0.2, 0.25) is 0 Å². The molecule has 0 aromatic heterocycles. The average Bonchev–Trinajstić information content (AvgIpc) is 2.36. The first-order valence-corrected chi connectivity index (χ1v) is 5.00. The second kappa shape index (κ2) is 5.35. The molecule has 0 heterocycles. The Morgan fingerprint density at radius 3 is 2.06 bits per heavy atom. The van der Waals surface area contributed by atoms with E-state index in [9.17, 15) is 4.79 Å². The number of esters is 1. The molecule has 3 nitrogen and oxygen atoms in total. The monoisotopic (exact) mass is 220 g/mol. The van der Waals surface area contributed by atoms with Crippen LogP contribution in [0.4, 0.5) is 0 Å². The highest BCUT2D eigenvalue weighted by Gasteiger charge is 2.08. The number of benzene rings is 1. The Hall–Kier alpha value is -1.77. The first-order chi connectivity index (χ1) is 7.60. The number of ether oxygens (including phenoxy) is 2. The fraction of sp³-hybridized carbons (Fsp3) is 0.308. The van der Waals surface area contributed by atoms with Crippen molar-refractivity contribution in [2.24, 2.45) is 0 Å². The Morgan fingerprint density at radius 2 is 1.62 bits per heavy atom. The van der Waals surface area contributed by atoms with Gasteiger partial charge in [0.05, 0.1) is 14.2 Å². The number of carbonyl (C=O) groups is 1. The van der Waals surface area contributed by atoms with Crippen LogP contribution in [0.1, 0.15) is 19.4 Å². The summed E-state index contributed by atoms with van der Waals surface area (Å²) in [7, 11) is 3.00. The van der Waals surface area contributed by atoms with Crippen LogP contribution in [-0.4, -0.2) is 20.2 Å². The minimum Gasteiger partial charge on any atom is -0.497 e. The molecular weight excluding hydrogens is 204 g/mol. The number of carbonyl (C=O) groups excluding carboxylic acids is 1. The van der Waals surface area contributed by atoms with Gasteiger partial charge in [-0.1, -0.05) is 12.1 Å². The highest BCUT2D eigenvalue weighted by atomic mass is 16.5. The molecule has 3 heteroatoms. The van der Waals surface area contributed by atoms with Gasteiger partial charge >= 0.3 is 5.97 Å². The molecule has 0 fully saturated rings. The van der Waals surface area contributed by atoms with E-state index in [4.69, 9.17) is 4.74 Å². The normalized spacial score (nSPS) is 11.8. The second-order valence-corrected chi connectivity index (χ2v) is 3.47. The third kappa shape index (κ3) is 2.63. The molecule has 0 aliphatic rings. The predicted molar refractivity (Wildman–Crippen MR) is 63.3 cm³/mol. The Balaban J connectivity index is 3.03. The molecular formula is C13H16O3. The predicted octanol–water partition coefficient (Wildman–Crippen LogP) is 2.66. The van der Waals surface area contributed by atoms with Crippen LogP contribution in [0.25, 0.3) is 5.57 Å². The van der Waals surface area contributed by atoms with Gasteiger partial charge in [-0.2, -0.15) is 0 Å². The fourth-order valence-corrected chi connectivity index (χ4v) is 1.36. The molecule has 0 unspecified atom stereocenters. The van der Waals surface area contributed by atoms with Gasteiger partial charge in [-0.25, -0.2) is 4.79 Å². The molecule has 0 spiro atoms. The van der Waals surface area contributed by atoms with Crippen molar-refractivity contribution in [3.8, 4) is 5.75 Å². The third-order valence-electron chi connectivity index (χ3n) is 2.58. The number of hydrogen-bond acceptors (Lipinski definition) is 3. The lowest BCUT2D eigenvalue weighted by atomic mass is 10.0. The first kappa shape index (κ1) is 12.3. The van der Waals surface area contributed by atoms with Gasteiger partial charge < -0.3 is 9.47 Å². The number of rotatable bonds is 3. The van der Waals surface area contributed by atoms with Crippen molar-refractivity contribution in [3.63, 3.8) is 0 Å². The minimum atomic E-state index is -0.298. The maximum atomic E-state index is 11.3. The molecule has 0 aliphatic heterocycles. The summed E-state index contributed by atoms with van der Waals surface area (Å²) in [6.45, 7) is 3.65. The maximum Gasteiger partial charge on any atom is 0.333 e. The van der Waals surface area contributed by atoms with E-state index < -0.39 is 0 Å². The molecule has 16 heavy (non-hydrogen) atoms. The minimum absolute atomic E-state index is 0.298. The summed E-state index contributed by atoms with van der Waals surface area (Å²) in [6.07, 6.45) is 0. The van der Waals surface area contributed by atoms with Crippen molar-refractivity contribution in [2.75, 3.05) is 14.2 Å². The van der Waals surface area contributed by atoms with Gasteiger partial charge in [0.1, 0.15) is 5.75 Å². The van der Waals surface area contributed by atoms with E-state index >= 15 is 0 Å². The highest BCUT2D eigenvalue weighted by molar-refractivity contribution is 5.96. The van der Waals surface area contributed by atoms with Crippen molar-refractivity contribution >= 4 is 11.5 Å². The molecule has 1 aromatic carbocycles. The Bertz CT molecular complexity index is 402. The van der Waals surface area contributed by atoms with Crippen LogP contribution in [0.15, 0.2) is 29.8 Å². The lowest BCUT2D eigenvalue weighted by Crippen LogP contribution is -2.03. The number of hydrogen-bond donors (Lipinski definition) is 0. The fourth-order valence-electron chi connectivity index (χ4n) is 1.36. The molecule has 86 valence electrons. The van der Waals surface area contributed by atoms with Gasteiger partial charge in [0.25, 0.3) is 0 Å². The molecule has 1 rings (SSSR count). The molecule has 0 aliphatic carbocycles. The van der Waals surface area contributed by atoms with E-state index in [-0.39, 0.29) is 5.97 Å². The quantitative estimate of drug-likeness (QED) is 0.580. The Morgan fingerprint density at radius 1 is 1.06 bits per heavy atom. The van der Waals surface area contributed by atoms with E-state index in [2.05, 4.69) is 4.74 Å². The lowest BCUT2D eigenvalue weighted by Gasteiger charge is -2.07. The Kier molecular flexibility index (Phi) is 4.11. The summed E-state index contributed by atoms with van der Waals surface area (Å²) < 4.78 is 9.75. The van der Waals surface area contributed by atoms with Crippen molar-refractivity contribution in [1.29, 1.82) is 0 Å². The summed E-state index contributed by atoms with van der Waals surface area (Å²) >= 11 is 0. The van der Waals surface area contributed by atoms with E-state index in [0.717, 1.165) is 16.9 Å². The number of methoxy groups -OCH3 is 2. The lowest BCUT2D eigenvalue weighted by molar-refractivity contribution is -0.135. The molecule has 0 saturated carbocycles. The van der Waals surface area contributed by atoms with Crippen molar-refractivity contribution in [2.45, 2.75) is 13.8 Å². The van der Waals surface area contributed by atoms with Gasteiger partial charge in [-0.05, 0) is 37.1 Å². The largest absolute Gasteiger partial charge is 0.497 e. The van der Waals surface area contributed by atoms with E-state index in [1.54, 1.807) is 14.0 Å². The van der Waals surface area contributed by atoms with E-state index in [0.29, 0.717) is 5.57 Å². The zero-order valence-corrected chi connectivity index (χ0v) is 10.0. The average molecular weight is 220 g/mol. The molecule has 0 N–H and O–H groups in total. The number of allylic oxidation sites excluding steroid dienone is 1. The summed E-state index contributed by atoms with van der Waals surface area (Å²) in [6, 6.07) is 7.56. The molecule has 0 saturated heterocycles. The van der Waals surface area contributed by atoms with Crippen LogP contribution in [0.5, 0.6) is 5.75 Å². The topological polar surface area (TPSA) is 35.5 Å².